The van der Waals surface area contributed by atoms with Crippen LogP contribution >= 0.6 is 0 Å². The molecule has 0 aliphatic carbocycles. The van der Waals surface area contributed by atoms with Gasteiger partial charge >= 0.3 is 6.09 Å². The van der Waals surface area contributed by atoms with Crippen molar-refractivity contribution in [2.75, 3.05) is 13.2 Å². The van der Waals surface area contributed by atoms with Crippen molar-refractivity contribution < 1.29 is 14.3 Å². The number of carbonyl (C=O) groups is 1. The quantitative estimate of drug-likeness (QED) is 0.927. The van der Waals surface area contributed by atoms with Crippen molar-refractivity contribution in [3.05, 3.63) is 35.9 Å². The second kappa shape index (κ2) is 6.61. The van der Waals surface area contributed by atoms with Crippen molar-refractivity contribution in [3.63, 3.8) is 0 Å². The topological polar surface area (TPSA) is 59.9 Å². The SMILES string of the molecule is CC(C)(C)OC(=O)NC(Cc1ccccc1)C1=NCCO1. The Hall–Kier alpha value is -2.04. The average Bonchev–Trinajstić information content (AvgIpc) is 2.90. The maximum atomic E-state index is 12.0. The van der Waals surface area contributed by atoms with E-state index in [9.17, 15) is 4.79 Å². The van der Waals surface area contributed by atoms with Gasteiger partial charge in [0.2, 0.25) is 5.90 Å². The standard InChI is InChI=1S/C16H22N2O3/c1-16(2,3)21-15(19)18-13(14-17-9-10-20-14)11-12-7-5-4-6-8-12/h4-8,13H,9-11H2,1-3H3,(H,18,19). The Morgan fingerprint density at radius 3 is 2.67 bits per heavy atom. The number of nitrogens with zero attached hydrogens (tertiary/aromatic N) is 1. The molecule has 1 atom stereocenters. The number of rotatable bonds is 4. The lowest BCUT2D eigenvalue weighted by atomic mass is 10.1. The smallest absolute Gasteiger partial charge is 0.408 e. The van der Waals surface area contributed by atoms with Crippen molar-refractivity contribution in [3.8, 4) is 0 Å². The van der Waals surface area contributed by atoms with Crippen LogP contribution in [0.1, 0.15) is 26.3 Å². The number of alkyl carbamates (subject to hydrolysis) is 1. The predicted octanol–water partition coefficient (Wildman–Crippen LogP) is 2.55. The Balaban J connectivity index is 2.04. The first kappa shape index (κ1) is 15.4. The Kier molecular flexibility index (Phi) is 4.83. The molecule has 2 rings (SSSR count). The molecule has 1 aliphatic heterocycles. The molecule has 0 radical (unpaired) electrons. The van der Waals surface area contributed by atoms with Gasteiger partial charge < -0.3 is 14.8 Å². The lowest BCUT2D eigenvalue weighted by molar-refractivity contribution is 0.0513. The van der Waals surface area contributed by atoms with Gasteiger partial charge in [0.15, 0.2) is 0 Å². The zero-order valence-corrected chi connectivity index (χ0v) is 12.8. The highest BCUT2D eigenvalue weighted by Gasteiger charge is 2.25. The number of hydrogen-bond acceptors (Lipinski definition) is 4. The number of ether oxygens (including phenoxy) is 2. The van der Waals surface area contributed by atoms with Gasteiger partial charge in [-0.15, -0.1) is 0 Å². The summed E-state index contributed by atoms with van der Waals surface area (Å²) in [7, 11) is 0. The number of aliphatic imine (C=N–C) groups is 1. The van der Waals surface area contributed by atoms with Crippen LogP contribution in [0.2, 0.25) is 0 Å². The molecule has 0 spiro atoms. The number of carbonyl (C=O) groups excluding carboxylic acids is 1. The Morgan fingerprint density at radius 1 is 1.38 bits per heavy atom. The molecule has 1 unspecified atom stereocenters. The zero-order valence-electron chi connectivity index (χ0n) is 12.8. The van der Waals surface area contributed by atoms with Gasteiger partial charge in [-0.1, -0.05) is 30.3 Å². The van der Waals surface area contributed by atoms with E-state index < -0.39 is 11.7 Å². The first-order valence-corrected chi connectivity index (χ1v) is 7.14. The highest BCUT2D eigenvalue weighted by Crippen LogP contribution is 2.11. The molecule has 0 aromatic heterocycles. The van der Waals surface area contributed by atoms with Gasteiger partial charge in [0.1, 0.15) is 18.2 Å². The molecule has 0 bridgehead atoms. The van der Waals surface area contributed by atoms with Gasteiger partial charge in [-0.2, -0.15) is 0 Å². The van der Waals surface area contributed by atoms with E-state index in [-0.39, 0.29) is 6.04 Å². The Morgan fingerprint density at radius 2 is 2.10 bits per heavy atom. The van der Waals surface area contributed by atoms with Crippen LogP contribution in [0.25, 0.3) is 0 Å². The molecule has 1 N–H and O–H groups in total. The van der Waals surface area contributed by atoms with Crippen molar-refractivity contribution in [1.82, 2.24) is 5.32 Å². The molecule has 114 valence electrons. The highest BCUT2D eigenvalue weighted by molar-refractivity contribution is 5.86. The van der Waals surface area contributed by atoms with Gasteiger partial charge in [-0.3, -0.25) is 4.99 Å². The van der Waals surface area contributed by atoms with Crippen molar-refractivity contribution in [2.24, 2.45) is 4.99 Å². The predicted molar refractivity (Wildman–Crippen MR) is 81.6 cm³/mol. The zero-order chi connectivity index (χ0) is 15.3. The molecule has 1 aliphatic rings. The molecule has 5 heteroatoms. The van der Waals surface area contributed by atoms with E-state index >= 15 is 0 Å². The summed E-state index contributed by atoms with van der Waals surface area (Å²) < 4.78 is 10.8. The summed E-state index contributed by atoms with van der Waals surface area (Å²) in [5, 5.41) is 2.85. The minimum atomic E-state index is -0.528. The molecule has 5 nitrogen and oxygen atoms in total. The van der Waals surface area contributed by atoms with Crippen LogP contribution < -0.4 is 5.32 Å². The van der Waals surface area contributed by atoms with E-state index in [1.807, 2.05) is 51.1 Å². The molecule has 1 amide bonds. The first-order chi connectivity index (χ1) is 9.94. The molecule has 1 aromatic rings. The Bertz CT molecular complexity index is 506. The van der Waals surface area contributed by atoms with E-state index in [1.54, 1.807) is 0 Å². The van der Waals surface area contributed by atoms with E-state index in [4.69, 9.17) is 9.47 Å². The lowest BCUT2D eigenvalue weighted by Crippen LogP contribution is -2.44. The highest BCUT2D eigenvalue weighted by atomic mass is 16.6. The summed E-state index contributed by atoms with van der Waals surface area (Å²) in [6.07, 6.45) is 0.167. The van der Waals surface area contributed by atoms with Crippen LogP contribution in [0.3, 0.4) is 0 Å². The number of amides is 1. The van der Waals surface area contributed by atoms with Gasteiger partial charge in [0.05, 0.1) is 6.54 Å². The molecular formula is C16H22N2O3. The maximum absolute atomic E-state index is 12.0. The largest absolute Gasteiger partial charge is 0.478 e. The van der Waals surface area contributed by atoms with E-state index in [1.165, 1.54) is 0 Å². The molecule has 1 heterocycles. The van der Waals surface area contributed by atoms with Crippen LogP contribution in [0.4, 0.5) is 4.79 Å². The van der Waals surface area contributed by atoms with Gasteiger partial charge in [-0.25, -0.2) is 4.79 Å². The number of benzene rings is 1. The molecular weight excluding hydrogens is 268 g/mol. The molecule has 21 heavy (non-hydrogen) atoms. The van der Waals surface area contributed by atoms with Crippen molar-refractivity contribution >= 4 is 12.0 Å². The van der Waals surface area contributed by atoms with Crippen LogP contribution in [0, 0.1) is 0 Å². The third-order valence-corrected chi connectivity index (χ3v) is 2.88. The summed E-state index contributed by atoms with van der Waals surface area (Å²) >= 11 is 0. The van der Waals surface area contributed by atoms with E-state index in [2.05, 4.69) is 10.3 Å². The van der Waals surface area contributed by atoms with Crippen molar-refractivity contribution in [2.45, 2.75) is 38.8 Å². The fraction of sp³-hybridized carbons (Fsp3) is 0.500. The fourth-order valence-corrected chi connectivity index (χ4v) is 2.06. The van der Waals surface area contributed by atoms with Crippen LogP contribution in [-0.2, 0) is 15.9 Å². The maximum Gasteiger partial charge on any atom is 0.408 e. The molecule has 1 aromatic carbocycles. The van der Waals surface area contributed by atoms with Gasteiger partial charge in [0, 0.05) is 6.42 Å². The number of nitrogens with one attached hydrogen (secondary N) is 1. The van der Waals surface area contributed by atoms with Crippen LogP contribution in [0.15, 0.2) is 35.3 Å². The fourth-order valence-electron chi connectivity index (χ4n) is 2.06. The summed E-state index contributed by atoms with van der Waals surface area (Å²) in [5.74, 6) is 0.574. The summed E-state index contributed by atoms with van der Waals surface area (Å²) in [5.41, 5.74) is 0.580. The average molecular weight is 290 g/mol. The van der Waals surface area contributed by atoms with E-state index in [0.717, 1.165) is 5.56 Å². The lowest BCUT2D eigenvalue weighted by Gasteiger charge is -2.23. The third-order valence-electron chi connectivity index (χ3n) is 2.88. The minimum Gasteiger partial charge on any atom is -0.478 e. The summed E-state index contributed by atoms with van der Waals surface area (Å²) in [6.45, 7) is 6.71. The first-order valence-electron chi connectivity index (χ1n) is 7.14. The van der Waals surface area contributed by atoms with Crippen LogP contribution in [-0.4, -0.2) is 36.8 Å². The molecule has 0 fully saturated rings. The van der Waals surface area contributed by atoms with Gasteiger partial charge in [0.25, 0.3) is 0 Å². The normalized spacial score (nSPS) is 15.9. The second-order valence-electron chi connectivity index (χ2n) is 5.96. The summed E-state index contributed by atoms with van der Waals surface area (Å²) in [4.78, 5) is 16.3. The van der Waals surface area contributed by atoms with Crippen molar-refractivity contribution in [1.29, 1.82) is 0 Å². The number of hydrogen-bond donors (Lipinski definition) is 1. The second-order valence-corrected chi connectivity index (χ2v) is 5.96. The van der Waals surface area contributed by atoms with Gasteiger partial charge in [-0.05, 0) is 26.3 Å². The third kappa shape index (κ3) is 5.10. The van der Waals surface area contributed by atoms with Crippen LogP contribution in [0.5, 0.6) is 0 Å². The summed E-state index contributed by atoms with van der Waals surface area (Å²) in [6, 6.07) is 9.63. The molecule has 0 saturated carbocycles. The van der Waals surface area contributed by atoms with E-state index in [0.29, 0.717) is 25.5 Å². The Labute approximate surface area is 125 Å². The minimum absolute atomic E-state index is 0.301. The molecule has 0 saturated heterocycles. The monoisotopic (exact) mass is 290 g/mol.